The number of furan rings is 1. The fraction of sp³-hybridized carbons (Fsp3) is 0.441. The molecule has 8 heteroatoms. The Kier molecular flexibility index (Phi) is 6.22. The van der Waals surface area contributed by atoms with Gasteiger partial charge >= 0.3 is 5.97 Å². The molecule has 0 aliphatic heterocycles. The molecule has 2 saturated carbocycles. The van der Waals surface area contributed by atoms with Crippen molar-refractivity contribution < 1.29 is 19.1 Å². The molecule has 2 fully saturated rings. The number of carbonyl (C=O) groups is 2. The Balaban J connectivity index is 1.24. The molecule has 0 spiro atoms. The van der Waals surface area contributed by atoms with Crippen LogP contribution in [0.25, 0.3) is 32.9 Å². The fourth-order valence-electron chi connectivity index (χ4n) is 7.63. The SMILES string of the molecule is CCCc1c(C2CCCC2)c2ccc(C(=O)NC3(c4nc5cc6c(C)c(C(=O)O)oc6cc5n4C)CCC3)cc2n1C. The van der Waals surface area contributed by atoms with Gasteiger partial charge in [-0.05, 0) is 75.1 Å². The van der Waals surface area contributed by atoms with Crippen LogP contribution in [0.3, 0.4) is 0 Å². The van der Waals surface area contributed by atoms with E-state index in [9.17, 15) is 14.7 Å². The molecule has 0 unspecified atom stereocenters. The number of hydrogen-bond donors (Lipinski definition) is 2. The third-order valence-corrected chi connectivity index (χ3v) is 10.00. The van der Waals surface area contributed by atoms with Gasteiger partial charge in [0.25, 0.3) is 5.91 Å². The fourth-order valence-corrected chi connectivity index (χ4v) is 7.63. The van der Waals surface area contributed by atoms with Crippen molar-refractivity contribution >= 4 is 44.8 Å². The number of aryl methyl sites for hydroxylation is 3. The Labute approximate surface area is 244 Å². The third-order valence-electron chi connectivity index (χ3n) is 10.00. The first-order valence-corrected chi connectivity index (χ1v) is 15.3. The topological polar surface area (TPSA) is 102 Å². The zero-order valence-corrected chi connectivity index (χ0v) is 24.8. The minimum Gasteiger partial charge on any atom is -0.475 e. The van der Waals surface area contributed by atoms with E-state index in [1.165, 1.54) is 42.3 Å². The van der Waals surface area contributed by atoms with Crippen LogP contribution in [-0.2, 0) is 26.1 Å². The van der Waals surface area contributed by atoms with Crippen LogP contribution in [0, 0.1) is 6.92 Å². The lowest BCUT2D eigenvalue weighted by Crippen LogP contribution is -2.52. The second-order valence-electron chi connectivity index (χ2n) is 12.5. The zero-order chi connectivity index (χ0) is 29.3. The van der Waals surface area contributed by atoms with Gasteiger partial charge in [0.1, 0.15) is 11.4 Å². The first-order chi connectivity index (χ1) is 20.2. The van der Waals surface area contributed by atoms with Crippen molar-refractivity contribution in [3.63, 3.8) is 0 Å². The molecular formula is C34H38N4O4. The highest BCUT2D eigenvalue weighted by atomic mass is 16.4. The number of nitrogens with zero attached hydrogens (tertiary/aromatic N) is 3. The van der Waals surface area contributed by atoms with E-state index in [0.29, 0.717) is 22.6 Å². The van der Waals surface area contributed by atoms with Crippen LogP contribution in [0.15, 0.2) is 34.7 Å². The van der Waals surface area contributed by atoms with Crippen molar-refractivity contribution in [1.82, 2.24) is 19.4 Å². The number of aromatic nitrogens is 3. The maximum Gasteiger partial charge on any atom is 0.372 e. The second kappa shape index (κ2) is 9.75. The van der Waals surface area contributed by atoms with Crippen LogP contribution in [0.5, 0.6) is 0 Å². The number of carboxylic acids is 1. The first kappa shape index (κ1) is 26.8. The molecule has 7 rings (SSSR count). The normalized spacial score (nSPS) is 17.0. The predicted molar refractivity (Wildman–Crippen MR) is 163 cm³/mol. The molecule has 0 atom stereocenters. The highest BCUT2D eigenvalue weighted by Crippen LogP contribution is 2.44. The minimum atomic E-state index is -1.08. The molecule has 2 aliphatic carbocycles. The summed E-state index contributed by atoms with van der Waals surface area (Å²) in [5.74, 6) is 0.222. The van der Waals surface area contributed by atoms with Crippen molar-refractivity contribution in [3.05, 3.63) is 64.3 Å². The Bertz CT molecular complexity index is 1900. The van der Waals surface area contributed by atoms with E-state index in [-0.39, 0.29) is 11.7 Å². The van der Waals surface area contributed by atoms with Crippen LogP contribution in [0.4, 0.5) is 0 Å². The standard InChI is InChI=1S/C34H38N4O4/c1-5-9-25-29(20-10-6-7-11-20)22-13-12-21(16-26(22)37(25)3)31(39)36-34(14-8-15-34)33-35-24-17-23-19(2)30(32(40)41)42-28(23)18-27(24)38(33)4/h12-13,16-18,20H,5-11,14-15H2,1-4H3,(H,36,39)(H,40,41). The van der Waals surface area contributed by atoms with Gasteiger partial charge < -0.3 is 24.0 Å². The quantitative estimate of drug-likeness (QED) is 0.216. The van der Waals surface area contributed by atoms with E-state index in [0.717, 1.165) is 59.9 Å². The smallest absolute Gasteiger partial charge is 0.372 e. The van der Waals surface area contributed by atoms with Crippen molar-refractivity contribution in [2.24, 2.45) is 14.1 Å². The van der Waals surface area contributed by atoms with Gasteiger partial charge in [-0.15, -0.1) is 0 Å². The lowest BCUT2D eigenvalue weighted by Gasteiger charge is -2.41. The van der Waals surface area contributed by atoms with E-state index in [2.05, 4.69) is 36.0 Å². The average Bonchev–Trinajstić information content (AvgIpc) is 3.72. The number of hydrogen-bond acceptors (Lipinski definition) is 4. The molecule has 2 aromatic carbocycles. The monoisotopic (exact) mass is 566 g/mol. The largest absolute Gasteiger partial charge is 0.475 e. The van der Waals surface area contributed by atoms with Gasteiger partial charge in [0.15, 0.2) is 0 Å². The highest BCUT2D eigenvalue weighted by molar-refractivity contribution is 6.01. The van der Waals surface area contributed by atoms with Crippen LogP contribution >= 0.6 is 0 Å². The lowest BCUT2D eigenvalue weighted by atomic mass is 9.75. The lowest BCUT2D eigenvalue weighted by molar-refractivity contribution is 0.0663. The number of nitrogens with one attached hydrogen (secondary N) is 1. The summed E-state index contributed by atoms with van der Waals surface area (Å²) in [7, 11) is 4.10. The van der Waals surface area contributed by atoms with Crippen molar-refractivity contribution in [1.29, 1.82) is 0 Å². The number of fused-ring (bicyclic) bond motifs is 3. The van der Waals surface area contributed by atoms with Crippen LogP contribution < -0.4 is 5.32 Å². The summed E-state index contributed by atoms with van der Waals surface area (Å²) in [5.41, 5.74) is 6.89. The van der Waals surface area contributed by atoms with Crippen LogP contribution in [0.1, 0.15) is 108 Å². The summed E-state index contributed by atoms with van der Waals surface area (Å²) in [5, 5.41) is 14.9. The molecule has 8 nitrogen and oxygen atoms in total. The number of rotatable bonds is 7. The van der Waals surface area contributed by atoms with Crippen molar-refractivity contribution in [2.45, 2.75) is 83.1 Å². The van der Waals surface area contributed by atoms with Gasteiger partial charge in [-0.2, -0.15) is 0 Å². The number of aromatic carboxylic acids is 1. The Hall–Kier alpha value is -4.07. The van der Waals surface area contributed by atoms with Gasteiger partial charge in [0.05, 0.1) is 16.6 Å². The van der Waals surface area contributed by atoms with E-state index >= 15 is 0 Å². The average molecular weight is 567 g/mol. The van der Waals surface area contributed by atoms with Gasteiger partial charge in [0, 0.05) is 53.3 Å². The van der Waals surface area contributed by atoms with Crippen molar-refractivity contribution in [3.8, 4) is 0 Å². The molecule has 218 valence electrons. The number of carboxylic acid groups (broad SMARTS) is 1. The number of amides is 1. The van der Waals surface area contributed by atoms with E-state index in [1.54, 1.807) is 6.92 Å². The Morgan fingerprint density at radius 2 is 1.81 bits per heavy atom. The molecular weight excluding hydrogens is 528 g/mol. The molecule has 3 aromatic heterocycles. The summed E-state index contributed by atoms with van der Waals surface area (Å²) < 4.78 is 10.0. The van der Waals surface area contributed by atoms with E-state index < -0.39 is 11.5 Å². The molecule has 3 heterocycles. The van der Waals surface area contributed by atoms with Crippen LogP contribution in [-0.4, -0.2) is 31.1 Å². The molecule has 5 aromatic rings. The molecule has 2 aliphatic rings. The second-order valence-corrected chi connectivity index (χ2v) is 12.5. The summed E-state index contributed by atoms with van der Waals surface area (Å²) in [6.45, 7) is 3.99. The Morgan fingerprint density at radius 3 is 2.48 bits per heavy atom. The highest BCUT2D eigenvalue weighted by Gasteiger charge is 2.44. The minimum absolute atomic E-state index is 0.0457. The maximum absolute atomic E-state index is 13.8. The van der Waals surface area contributed by atoms with Gasteiger partial charge in [0.2, 0.25) is 5.76 Å². The molecule has 0 bridgehead atoms. The summed E-state index contributed by atoms with van der Waals surface area (Å²) in [6, 6.07) is 9.98. The molecule has 0 radical (unpaired) electrons. The first-order valence-electron chi connectivity index (χ1n) is 15.3. The van der Waals surface area contributed by atoms with E-state index in [4.69, 9.17) is 9.40 Å². The summed E-state index contributed by atoms with van der Waals surface area (Å²) in [4.78, 5) is 30.4. The number of benzene rings is 2. The van der Waals surface area contributed by atoms with Gasteiger partial charge in [-0.1, -0.05) is 32.3 Å². The summed E-state index contributed by atoms with van der Waals surface area (Å²) >= 11 is 0. The van der Waals surface area contributed by atoms with E-state index in [1.807, 2.05) is 29.8 Å². The predicted octanol–water partition coefficient (Wildman–Crippen LogP) is 7.24. The van der Waals surface area contributed by atoms with Gasteiger partial charge in [-0.25, -0.2) is 9.78 Å². The molecule has 1 amide bonds. The maximum atomic E-state index is 13.8. The molecule has 42 heavy (non-hydrogen) atoms. The number of carbonyl (C=O) groups excluding carboxylic acids is 1. The van der Waals surface area contributed by atoms with Gasteiger partial charge in [-0.3, -0.25) is 4.79 Å². The van der Waals surface area contributed by atoms with Crippen LogP contribution in [0.2, 0.25) is 0 Å². The van der Waals surface area contributed by atoms with Crippen molar-refractivity contribution in [2.75, 3.05) is 0 Å². The molecule has 0 saturated heterocycles. The number of imidazole rings is 1. The zero-order valence-electron chi connectivity index (χ0n) is 24.8. The molecule has 2 N–H and O–H groups in total. The Morgan fingerprint density at radius 1 is 1.05 bits per heavy atom. The third kappa shape index (κ3) is 3.91. The summed E-state index contributed by atoms with van der Waals surface area (Å²) in [6.07, 6.45) is 9.89.